The molecule has 0 rings (SSSR count). The van der Waals surface area contributed by atoms with Crippen molar-refractivity contribution in [3.05, 3.63) is 0 Å². The molecule has 0 aliphatic heterocycles. The number of hydrogen-bond donors (Lipinski definition) is 2. The highest BCUT2D eigenvalue weighted by molar-refractivity contribution is 4.35. The first-order chi connectivity index (χ1) is 6.04. The van der Waals surface area contributed by atoms with E-state index in [1.165, 1.54) is 0 Å². The van der Waals surface area contributed by atoms with Gasteiger partial charge in [-0.05, 0) is 26.7 Å². The largest absolute Gasteiger partial charge is 0.394 e. The van der Waals surface area contributed by atoms with Crippen LogP contribution >= 0.6 is 0 Å². The van der Waals surface area contributed by atoms with Crippen LogP contribution in [0, 0.1) is 0 Å². The standard InChI is InChI=1S/C7H16O2.C3H8O/c1-3-5-6-9-7(8)4-2;1-3(2)4/h7-8H,3-6H2,1-2H3;3-4H,1-2H3. The topological polar surface area (TPSA) is 49.7 Å². The van der Waals surface area contributed by atoms with Crippen molar-refractivity contribution in [2.45, 2.75) is 59.4 Å². The Bertz CT molecular complexity index is 81.5. The summed E-state index contributed by atoms with van der Waals surface area (Å²) in [6.45, 7) is 8.13. The molecule has 1 atom stereocenters. The molecule has 0 aliphatic rings. The zero-order valence-electron chi connectivity index (χ0n) is 9.29. The molecule has 0 amide bonds. The van der Waals surface area contributed by atoms with Crippen molar-refractivity contribution in [2.75, 3.05) is 6.61 Å². The highest BCUT2D eigenvalue weighted by atomic mass is 16.6. The first-order valence-electron chi connectivity index (χ1n) is 5.02. The zero-order chi connectivity index (χ0) is 10.7. The predicted octanol–water partition coefficient (Wildman–Crippen LogP) is 1.92. The molecule has 0 saturated heterocycles. The maximum Gasteiger partial charge on any atom is 0.154 e. The lowest BCUT2D eigenvalue weighted by Crippen LogP contribution is -2.10. The lowest BCUT2D eigenvalue weighted by Gasteiger charge is -2.07. The Kier molecular flexibility index (Phi) is 14.0. The van der Waals surface area contributed by atoms with Crippen LogP contribution in [0.4, 0.5) is 0 Å². The second kappa shape index (κ2) is 11.9. The Hall–Kier alpha value is -0.120. The molecular formula is C10H24O3. The highest BCUT2D eigenvalue weighted by Crippen LogP contribution is 1.95. The van der Waals surface area contributed by atoms with Crippen molar-refractivity contribution < 1.29 is 14.9 Å². The van der Waals surface area contributed by atoms with E-state index in [2.05, 4.69) is 6.92 Å². The van der Waals surface area contributed by atoms with E-state index in [4.69, 9.17) is 14.9 Å². The summed E-state index contributed by atoms with van der Waals surface area (Å²) < 4.78 is 4.99. The molecule has 0 aliphatic carbocycles. The number of aliphatic hydroxyl groups excluding tert-OH is 2. The lowest BCUT2D eigenvalue weighted by molar-refractivity contribution is -0.101. The van der Waals surface area contributed by atoms with Crippen LogP contribution < -0.4 is 0 Å². The Morgan fingerprint density at radius 3 is 1.92 bits per heavy atom. The van der Waals surface area contributed by atoms with Gasteiger partial charge >= 0.3 is 0 Å². The fourth-order valence-corrected chi connectivity index (χ4v) is 0.482. The van der Waals surface area contributed by atoms with Gasteiger partial charge in [-0.25, -0.2) is 0 Å². The molecule has 0 spiro atoms. The average Bonchev–Trinajstić information content (AvgIpc) is 2.03. The summed E-state index contributed by atoms with van der Waals surface area (Å²) in [4.78, 5) is 0. The van der Waals surface area contributed by atoms with E-state index in [1.54, 1.807) is 13.8 Å². The van der Waals surface area contributed by atoms with E-state index >= 15 is 0 Å². The molecule has 13 heavy (non-hydrogen) atoms. The Morgan fingerprint density at radius 1 is 1.15 bits per heavy atom. The lowest BCUT2D eigenvalue weighted by atomic mass is 10.4. The summed E-state index contributed by atoms with van der Waals surface area (Å²) in [5, 5.41) is 16.9. The zero-order valence-corrected chi connectivity index (χ0v) is 9.29. The highest BCUT2D eigenvalue weighted by Gasteiger charge is 1.96. The molecule has 0 radical (unpaired) electrons. The van der Waals surface area contributed by atoms with Crippen LogP contribution in [0.1, 0.15) is 47.0 Å². The SMILES string of the molecule is CC(C)O.CCCCOC(O)CC. The van der Waals surface area contributed by atoms with E-state index in [1.807, 2.05) is 6.92 Å². The molecule has 0 aromatic heterocycles. The van der Waals surface area contributed by atoms with Gasteiger partial charge in [0.1, 0.15) is 0 Å². The Morgan fingerprint density at radius 2 is 1.62 bits per heavy atom. The van der Waals surface area contributed by atoms with Gasteiger partial charge in [-0.1, -0.05) is 20.3 Å². The minimum atomic E-state index is -0.545. The van der Waals surface area contributed by atoms with Gasteiger partial charge in [-0.15, -0.1) is 0 Å². The molecule has 0 aromatic carbocycles. The molecule has 1 unspecified atom stereocenters. The molecule has 0 bridgehead atoms. The maximum atomic E-state index is 8.86. The third-order valence-electron chi connectivity index (χ3n) is 1.16. The van der Waals surface area contributed by atoms with Gasteiger partial charge in [-0.3, -0.25) is 0 Å². The smallest absolute Gasteiger partial charge is 0.154 e. The summed E-state index contributed by atoms with van der Waals surface area (Å²) in [6, 6.07) is 0. The monoisotopic (exact) mass is 192 g/mol. The Balaban J connectivity index is 0. The number of ether oxygens (including phenoxy) is 1. The van der Waals surface area contributed by atoms with Gasteiger partial charge in [-0.2, -0.15) is 0 Å². The molecule has 3 nitrogen and oxygen atoms in total. The van der Waals surface area contributed by atoms with Gasteiger partial charge in [0, 0.05) is 12.7 Å². The van der Waals surface area contributed by atoms with Crippen LogP contribution in [0.2, 0.25) is 0 Å². The van der Waals surface area contributed by atoms with Crippen molar-refractivity contribution in [1.82, 2.24) is 0 Å². The molecular weight excluding hydrogens is 168 g/mol. The molecule has 0 aromatic rings. The van der Waals surface area contributed by atoms with E-state index in [9.17, 15) is 0 Å². The van der Waals surface area contributed by atoms with Crippen LogP contribution in [0.25, 0.3) is 0 Å². The number of hydrogen-bond acceptors (Lipinski definition) is 3. The molecule has 2 N–H and O–H groups in total. The molecule has 0 saturated carbocycles. The fraction of sp³-hybridized carbons (Fsp3) is 1.00. The van der Waals surface area contributed by atoms with Crippen LogP contribution in [0.15, 0.2) is 0 Å². The fourth-order valence-electron chi connectivity index (χ4n) is 0.482. The quantitative estimate of drug-likeness (QED) is 0.517. The van der Waals surface area contributed by atoms with Crippen LogP contribution in [-0.4, -0.2) is 29.2 Å². The number of unbranched alkanes of at least 4 members (excludes halogenated alkanes) is 1. The normalized spacial score (nSPS) is 12.2. The first-order valence-corrected chi connectivity index (χ1v) is 5.02. The molecule has 3 heteroatoms. The summed E-state index contributed by atoms with van der Waals surface area (Å²) in [7, 11) is 0. The second-order valence-corrected chi connectivity index (χ2v) is 3.18. The van der Waals surface area contributed by atoms with Crippen LogP contribution in [0.5, 0.6) is 0 Å². The Labute approximate surface area is 81.7 Å². The van der Waals surface area contributed by atoms with Gasteiger partial charge in [0.2, 0.25) is 0 Å². The number of rotatable bonds is 5. The van der Waals surface area contributed by atoms with E-state index in [-0.39, 0.29) is 6.10 Å². The average molecular weight is 192 g/mol. The van der Waals surface area contributed by atoms with Crippen molar-refractivity contribution in [1.29, 1.82) is 0 Å². The van der Waals surface area contributed by atoms with Crippen molar-refractivity contribution >= 4 is 0 Å². The third kappa shape index (κ3) is 24.5. The van der Waals surface area contributed by atoms with Gasteiger partial charge in [0.25, 0.3) is 0 Å². The van der Waals surface area contributed by atoms with Gasteiger partial charge < -0.3 is 14.9 Å². The molecule has 0 heterocycles. The summed E-state index contributed by atoms with van der Waals surface area (Å²) >= 11 is 0. The minimum Gasteiger partial charge on any atom is -0.394 e. The minimum absolute atomic E-state index is 0.167. The van der Waals surface area contributed by atoms with Crippen molar-refractivity contribution in [3.63, 3.8) is 0 Å². The molecule has 0 fully saturated rings. The number of aliphatic hydroxyl groups is 2. The summed E-state index contributed by atoms with van der Waals surface area (Å²) in [5.74, 6) is 0. The van der Waals surface area contributed by atoms with Gasteiger partial charge in [0.15, 0.2) is 6.29 Å². The van der Waals surface area contributed by atoms with Crippen LogP contribution in [-0.2, 0) is 4.74 Å². The summed E-state index contributed by atoms with van der Waals surface area (Å²) in [6.07, 6.45) is 2.13. The van der Waals surface area contributed by atoms with E-state index in [0.717, 1.165) is 12.8 Å². The van der Waals surface area contributed by atoms with E-state index < -0.39 is 6.29 Å². The van der Waals surface area contributed by atoms with E-state index in [0.29, 0.717) is 13.0 Å². The summed E-state index contributed by atoms with van der Waals surface area (Å²) in [5.41, 5.74) is 0. The molecule has 82 valence electrons. The first kappa shape index (κ1) is 15.4. The van der Waals surface area contributed by atoms with Crippen LogP contribution in [0.3, 0.4) is 0 Å². The second-order valence-electron chi connectivity index (χ2n) is 3.18. The maximum absolute atomic E-state index is 8.86. The van der Waals surface area contributed by atoms with Crippen molar-refractivity contribution in [2.24, 2.45) is 0 Å². The van der Waals surface area contributed by atoms with Crippen molar-refractivity contribution in [3.8, 4) is 0 Å². The third-order valence-corrected chi connectivity index (χ3v) is 1.16. The van der Waals surface area contributed by atoms with Gasteiger partial charge in [0.05, 0.1) is 0 Å². The predicted molar refractivity (Wildman–Crippen MR) is 54.5 cm³/mol.